The highest BCUT2D eigenvalue weighted by Crippen LogP contribution is 2.27. The van der Waals surface area contributed by atoms with Crippen LogP contribution in [0.1, 0.15) is 32.8 Å². The van der Waals surface area contributed by atoms with E-state index in [1.54, 1.807) is 0 Å². The van der Waals surface area contributed by atoms with Crippen molar-refractivity contribution in [2.45, 2.75) is 32.6 Å². The van der Waals surface area contributed by atoms with Crippen LogP contribution >= 0.6 is 0 Å². The van der Waals surface area contributed by atoms with Crippen LogP contribution in [-0.2, 0) is 15.1 Å². The lowest BCUT2D eigenvalue weighted by atomic mass is 9.87. The van der Waals surface area contributed by atoms with Crippen LogP contribution in [0.15, 0.2) is 28.6 Å². The van der Waals surface area contributed by atoms with Crippen molar-refractivity contribution in [3.63, 3.8) is 0 Å². The van der Waals surface area contributed by atoms with Gasteiger partial charge in [0.2, 0.25) is 0 Å². The Hall–Kier alpha value is -0.830. The molecule has 0 aromatic heterocycles. The number of hydrogen-bond acceptors (Lipinski definition) is 2. The third-order valence-corrected chi connectivity index (χ3v) is 5.31. The van der Waals surface area contributed by atoms with Crippen molar-refractivity contribution in [3.8, 4) is 0 Å². The molecule has 1 aromatic rings. The molecule has 88 valence electrons. The number of hydrogen-bond donors (Lipinski definition) is 0. The SMILES string of the molecule is CC(C)(C)c1cccc(N=S2(=O)CCC2)c1. The van der Waals surface area contributed by atoms with Crippen LogP contribution in [0.4, 0.5) is 5.69 Å². The molecule has 1 saturated heterocycles. The smallest absolute Gasteiger partial charge is 0.0733 e. The first-order valence-corrected chi connectivity index (χ1v) is 7.57. The highest BCUT2D eigenvalue weighted by Gasteiger charge is 2.19. The Morgan fingerprint density at radius 1 is 1.25 bits per heavy atom. The minimum atomic E-state index is -1.88. The summed E-state index contributed by atoms with van der Waals surface area (Å²) in [6.45, 7) is 6.53. The summed E-state index contributed by atoms with van der Waals surface area (Å²) in [5.74, 6) is 1.54. The van der Waals surface area contributed by atoms with Crippen molar-refractivity contribution in [3.05, 3.63) is 29.8 Å². The summed E-state index contributed by atoms with van der Waals surface area (Å²) in [6, 6.07) is 8.11. The van der Waals surface area contributed by atoms with Gasteiger partial charge >= 0.3 is 0 Å². The van der Waals surface area contributed by atoms with Gasteiger partial charge in [0, 0.05) is 11.5 Å². The molecule has 16 heavy (non-hydrogen) atoms. The van der Waals surface area contributed by atoms with Crippen LogP contribution in [0.5, 0.6) is 0 Å². The normalized spacial score (nSPS) is 18.9. The Balaban J connectivity index is 2.37. The minimum absolute atomic E-state index is 0.122. The van der Waals surface area contributed by atoms with E-state index in [9.17, 15) is 4.21 Å². The first kappa shape index (κ1) is 11.6. The van der Waals surface area contributed by atoms with Crippen molar-refractivity contribution in [2.75, 3.05) is 11.5 Å². The molecular formula is C13H19NOS. The first-order chi connectivity index (χ1) is 7.39. The highest BCUT2D eigenvalue weighted by atomic mass is 32.2. The molecule has 0 amide bonds. The van der Waals surface area contributed by atoms with Crippen LogP contribution < -0.4 is 0 Å². The Labute approximate surface area is 98.3 Å². The fourth-order valence-corrected chi connectivity index (χ4v) is 3.17. The second-order valence-corrected chi connectivity index (χ2v) is 7.97. The number of nitrogens with zero attached hydrogens (tertiary/aromatic N) is 1. The van der Waals surface area contributed by atoms with E-state index >= 15 is 0 Å². The van der Waals surface area contributed by atoms with Crippen LogP contribution in [0.3, 0.4) is 0 Å². The van der Waals surface area contributed by atoms with E-state index in [4.69, 9.17) is 0 Å². The van der Waals surface area contributed by atoms with Gasteiger partial charge in [-0.3, -0.25) is 0 Å². The molecule has 2 nitrogen and oxygen atoms in total. The maximum atomic E-state index is 12.0. The number of rotatable bonds is 1. The van der Waals surface area contributed by atoms with E-state index in [0.717, 1.165) is 23.6 Å². The lowest BCUT2D eigenvalue weighted by Crippen LogP contribution is -2.23. The molecule has 0 spiro atoms. The van der Waals surface area contributed by atoms with Gasteiger partial charge < -0.3 is 0 Å². The summed E-state index contributed by atoms with van der Waals surface area (Å²) in [5, 5.41) is 0. The maximum Gasteiger partial charge on any atom is 0.0733 e. The average molecular weight is 237 g/mol. The summed E-state index contributed by atoms with van der Waals surface area (Å²) in [6.07, 6.45) is 1.06. The van der Waals surface area contributed by atoms with Gasteiger partial charge in [-0.2, -0.15) is 4.36 Å². The molecule has 1 aromatic carbocycles. The van der Waals surface area contributed by atoms with Gasteiger partial charge in [-0.1, -0.05) is 32.9 Å². The van der Waals surface area contributed by atoms with E-state index in [2.05, 4.69) is 37.3 Å². The maximum absolute atomic E-state index is 12.0. The second kappa shape index (κ2) is 3.88. The molecule has 0 bridgehead atoms. The van der Waals surface area contributed by atoms with Crippen molar-refractivity contribution in [2.24, 2.45) is 4.36 Å². The molecule has 0 atom stereocenters. The zero-order valence-corrected chi connectivity index (χ0v) is 11.0. The van der Waals surface area contributed by atoms with E-state index in [1.165, 1.54) is 5.56 Å². The molecule has 0 radical (unpaired) electrons. The lowest BCUT2D eigenvalue weighted by Gasteiger charge is -2.20. The van der Waals surface area contributed by atoms with Crippen LogP contribution in [-0.4, -0.2) is 15.7 Å². The fourth-order valence-electron chi connectivity index (χ4n) is 1.70. The van der Waals surface area contributed by atoms with Crippen molar-refractivity contribution < 1.29 is 4.21 Å². The van der Waals surface area contributed by atoms with Gasteiger partial charge in [0.15, 0.2) is 0 Å². The topological polar surface area (TPSA) is 29.4 Å². The van der Waals surface area contributed by atoms with E-state index in [1.807, 2.05) is 12.1 Å². The van der Waals surface area contributed by atoms with Gasteiger partial charge in [-0.15, -0.1) is 0 Å². The molecule has 0 N–H and O–H groups in total. The highest BCUT2D eigenvalue weighted by molar-refractivity contribution is 7.95. The summed E-state index contributed by atoms with van der Waals surface area (Å²) in [7, 11) is -1.88. The van der Waals surface area contributed by atoms with Crippen LogP contribution in [0, 0.1) is 0 Å². The third-order valence-electron chi connectivity index (χ3n) is 2.91. The molecule has 0 saturated carbocycles. The van der Waals surface area contributed by atoms with Gasteiger partial charge in [0.05, 0.1) is 15.4 Å². The quantitative estimate of drug-likeness (QED) is 0.735. The third kappa shape index (κ3) is 2.46. The Morgan fingerprint density at radius 3 is 2.44 bits per heavy atom. The van der Waals surface area contributed by atoms with Gasteiger partial charge in [0.25, 0.3) is 0 Å². The summed E-state index contributed by atoms with van der Waals surface area (Å²) in [4.78, 5) is 0. The monoisotopic (exact) mass is 237 g/mol. The average Bonchev–Trinajstić information content (AvgIpc) is 2.14. The standard InChI is InChI=1S/C13H19NOS/c1-13(2,3)11-6-4-7-12(10-11)14-16(15)8-5-9-16/h4,6-7,10H,5,8-9H2,1-3H3. The molecule has 0 unspecified atom stereocenters. The van der Waals surface area contributed by atoms with Crippen molar-refractivity contribution >= 4 is 15.4 Å². The predicted molar refractivity (Wildman–Crippen MR) is 69.7 cm³/mol. The first-order valence-electron chi connectivity index (χ1n) is 5.72. The Morgan fingerprint density at radius 2 is 1.94 bits per heavy atom. The summed E-state index contributed by atoms with van der Waals surface area (Å²) >= 11 is 0. The largest absolute Gasteiger partial charge is 0.249 e. The Kier molecular flexibility index (Phi) is 2.82. The minimum Gasteiger partial charge on any atom is -0.249 e. The molecule has 3 heteroatoms. The molecule has 1 aliphatic rings. The van der Waals surface area contributed by atoms with Crippen molar-refractivity contribution in [1.82, 2.24) is 0 Å². The molecule has 1 fully saturated rings. The molecular weight excluding hydrogens is 218 g/mol. The molecule has 1 heterocycles. The molecule has 0 aliphatic carbocycles. The van der Waals surface area contributed by atoms with E-state index in [0.29, 0.717) is 0 Å². The summed E-state index contributed by atoms with van der Waals surface area (Å²) in [5.41, 5.74) is 2.24. The second-order valence-electron chi connectivity index (χ2n) is 5.43. The van der Waals surface area contributed by atoms with Crippen molar-refractivity contribution in [1.29, 1.82) is 0 Å². The van der Waals surface area contributed by atoms with E-state index in [-0.39, 0.29) is 5.41 Å². The van der Waals surface area contributed by atoms with Gasteiger partial charge in [-0.05, 0) is 29.5 Å². The fraction of sp³-hybridized carbons (Fsp3) is 0.538. The van der Waals surface area contributed by atoms with Gasteiger partial charge in [0.1, 0.15) is 0 Å². The number of benzene rings is 1. The van der Waals surface area contributed by atoms with E-state index < -0.39 is 9.73 Å². The Bertz CT molecular complexity index is 495. The lowest BCUT2D eigenvalue weighted by molar-refractivity contribution is 0.590. The van der Waals surface area contributed by atoms with Crippen LogP contribution in [0.25, 0.3) is 0 Å². The summed E-state index contributed by atoms with van der Waals surface area (Å²) < 4.78 is 16.4. The zero-order valence-electron chi connectivity index (χ0n) is 10.2. The zero-order chi connectivity index (χ0) is 11.8. The molecule has 2 rings (SSSR count). The molecule has 1 aliphatic heterocycles. The predicted octanol–water partition coefficient (Wildman–Crippen LogP) is 3.49. The van der Waals surface area contributed by atoms with Gasteiger partial charge in [-0.25, -0.2) is 4.21 Å². The van der Waals surface area contributed by atoms with Crippen LogP contribution in [0.2, 0.25) is 0 Å².